The molecule has 1 aromatic carbocycles. The third-order valence-corrected chi connectivity index (χ3v) is 4.34. The van der Waals surface area contributed by atoms with Gasteiger partial charge >= 0.3 is 0 Å². The summed E-state index contributed by atoms with van der Waals surface area (Å²) in [6.07, 6.45) is 2.08. The predicted octanol–water partition coefficient (Wildman–Crippen LogP) is 1.33. The van der Waals surface area contributed by atoms with Crippen LogP contribution in [0.3, 0.4) is 0 Å². The zero-order valence-electron chi connectivity index (χ0n) is 12.9. The molecule has 0 spiro atoms. The van der Waals surface area contributed by atoms with Gasteiger partial charge in [0.15, 0.2) is 0 Å². The maximum Gasteiger partial charge on any atom is 0.230 e. The first-order valence-electron chi connectivity index (χ1n) is 7.96. The molecule has 2 aliphatic heterocycles. The molecule has 2 aliphatic rings. The van der Waals surface area contributed by atoms with E-state index in [4.69, 9.17) is 4.74 Å². The number of amides is 1. The number of nitrogens with one attached hydrogen (secondary N) is 4. The van der Waals surface area contributed by atoms with Crippen LogP contribution >= 0.6 is 0 Å². The Morgan fingerprint density at radius 3 is 2.50 bits per heavy atom. The van der Waals surface area contributed by atoms with Gasteiger partial charge in [0.1, 0.15) is 0 Å². The Bertz CT molecular complexity index is 499. The van der Waals surface area contributed by atoms with E-state index in [0.29, 0.717) is 12.6 Å². The average Bonchev–Trinajstić information content (AvgIpc) is 2.96. The summed E-state index contributed by atoms with van der Waals surface area (Å²) in [5.74, 6) is 0.00942. The number of carbonyl (C=O) groups is 1. The molecule has 22 heavy (non-hydrogen) atoms. The fourth-order valence-electron chi connectivity index (χ4n) is 2.89. The summed E-state index contributed by atoms with van der Waals surface area (Å²) in [7, 11) is 0. The van der Waals surface area contributed by atoms with Crippen molar-refractivity contribution in [3.05, 3.63) is 24.3 Å². The third-order valence-electron chi connectivity index (χ3n) is 4.34. The zero-order valence-corrected chi connectivity index (χ0v) is 12.9. The smallest absolute Gasteiger partial charge is 0.230 e. The molecule has 0 bridgehead atoms. The van der Waals surface area contributed by atoms with Crippen molar-refractivity contribution in [3.8, 4) is 0 Å². The molecule has 3 rings (SSSR count). The Labute approximate surface area is 131 Å². The van der Waals surface area contributed by atoms with Crippen LogP contribution in [0.1, 0.15) is 19.8 Å². The molecule has 0 aliphatic carbocycles. The van der Waals surface area contributed by atoms with Crippen LogP contribution in [-0.4, -0.2) is 37.7 Å². The van der Waals surface area contributed by atoms with E-state index in [1.165, 1.54) is 0 Å². The number of carbonyl (C=O) groups excluding carboxylic acids is 1. The Morgan fingerprint density at radius 1 is 1.18 bits per heavy atom. The van der Waals surface area contributed by atoms with E-state index in [2.05, 4.69) is 21.5 Å². The van der Waals surface area contributed by atoms with Crippen molar-refractivity contribution in [2.75, 3.05) is 30.4 Å². The van der Waals surface area contributed by atoms with Crippen LogP contribution in [0, 0.1) is 5.92 Å². The van der Waals surface area contributed by atoms with Crippen LogP contribution in [0.25, 0.3) is 0 Å². The van der Waals surface area contributed by atoms with Crippen molar-refractivity contribution in [1.29, 1.82) is 0 Å². The summed E-state index contributed by atoms with van der Waals surface area (Å²) < 4.78 is 5.36. The molecule has 1 aromatic rings. The van der Waals surface area contributed by atoms with Gasteiger partial charge in [-0.15, -0.1) is 0 Å². The standard InChI is InChI=1S/C16H24N4O2/c1-11-15(10-17-20-11)16(21)19-13-4-2-12(3-5-13)18-14-6-8-22-9-7-14/h2-5,11,14-15,17-18,20H,6-10H2,1H3,(H,19,21). The number of rotatable bonds is 4. The van der Waals surface area contributed by atoms with Crippen LogP contribution < -0.4 is 21.5 Å². The number of benzene rings is 1. The molecule has 6 nitrogen and oxygen atoms in total. The SMILES string of the molecule is CC1NNCC1C(=O)Nc1ccc(NC2CCOCC2)cc1. The van der Waals surface area contributed by atoms with Gasteiger partial charge < -0.3 is 15.4 Å². The molecule has 1 amide bonds. The van der Waals surface area contributed by atoms with Crippen LogP contribution in [0.5, 0.6) is 0 Å². The van der Waals surface area contributed by atoms with E-state index in [9.17, 15) is 4.79 Å². The lowest BCUT2D eigenvalue weighted by atomic mass is 10.0. The molecule has 120 valence electrons. The van der Waals surface area contributed by atoms with Crippen molar-refractivity contribution in [3.63, 3.8) is 0 Å². The first-order chi connectivity index (χ1) is 10.7. The molecule has 2 atom stereocenters. The highest BCUT2D eigenvalue weighted by Crippen LogP contribution is 2.19. The van der Waals surface area contributed by atoms with Gasteiger partial charge in [-0.1, -0.05) is 0 Å². The predicted molar refractivity (Wildman–Crippen MR) is 86.6 cm³/mol. The van der Waals surface area contributed by atoms with Gasteiger partial charge in [0.2, 0.25) is 5.91 Å². The van der Waals surface area contributed by atoms with Crippen LogP contribution in [0.4, 0.5) is 11.4 Å². The normalized spacial score (nSPS) is 25.9. The fraction of sp³-hybridized carbons (Fsp3) is 0.562. The topological polar surface area (TPSA) is 74.4 Å². The molecule has 2 unspecified atom stereocenters. The molecular weight excluding hydrogens is 280 g/mol. The van der Waals surface area contributed by atoms with E-state index >= 15 is 0 Å². The van der Waals surface area contributed by atoms with Gasteiger partial charge in [0, 0.05) is 43.2 Å². The highest BCUT2D eigenvalue weighted by molar-refractivity contribution is 5.93. The zero-order chi connectivity index (χ0) is 15.4. The minimum Gasteiger partial charge on any atom is -0.382 e. The molecule has 0 radical (unpaired) electrons. The van der Waals surface area contributed by atoms with Crippen molar-refractivity contribution in [2.45, 2.75) is 31.8 Å². The van der Waals surface area contributed by atoms with Gasteiger partial charge in [-0.2, -0.15) is 0 Å². The molecular formula is C16H24N4O2. The van der Waals surface area contributed by atoms with Crippen LogP contribution in [0.15, 0.2) is 24.3 Å². The monoisotopic (exact) mass is 304 g/mol. The summed E-state index contributed by atoms with van der Waals surface area (Å²) in [4.78, 5) is 12.2. The summed E-state index contributed by atoms with van der Waals surface area (Å²) in [6.45, 7) is 4.32. The van der Waals surface area contributed by atoms with Gasteiger partial charge in [0.05, 0.1) is 5.92 Å². The van der Waals surface area contributed by atoms with Crippen LogP contribution in [-0.2, 0) is 9.53 Å². The summed E-state index contributed by atoms with van der Waals surface area (Å²) in [5.41, 5.74) is 7.99. The largest absolute Gasteiger partial charge is 0.382 e. The first kappa shape index (κ1) is 15.3. The average molecular weight is 304 g/mol. The van der Waals surface area contributed by atoms with E-state index in [0.717, 1.165) is 37.4 Å². The molecule has 0 aromatic heterocycles. The minimum atomic E-state index is -0.0416. The quantitative estimate of drug-likeness (QED) is 0.675. The van der Waals surface area contributed by atoms with E-state index in [1.54, 1.807) is 0 Å². The maximum atomic E-state index is 12.2. The molecule has 0 saturated carbocycles. The fourth-order valence-corrected chi connectivity index (χ4v) is 2.89. The lowest BCUT2D eigenvalue weighted by Crippen LogP contribution is -2.33. The molecule has 2 fully saturated rings. The van der Waals surface area contributed by atoms with Gasteiger partial charge in [-0.3, -0.25) is 15.6 Å². The molecule has 2 saturated heterocycles. The lowest BCUT2D eigenvalue weighted by Gasteiger charge is -2.24. The highest BCUT2D eigenvalue weighted by Gasteiger charge is 2.29. The van der Waals surface area contributed by atoms with Gasteiger partial charge in [-0.25, -0.2) is 0 Å². The Hall–Kier alpha value is -1.63. The van der Waals surface area contributed by atoms with Gasteiger partial charge in [0.25, 0.3) is 0 Å². The number of anilines is 2. The maximum absolute atomic E-state index is 12.2. The Kier molecular flexibility index (Phi) is 4.92. The second-order valence-corrected chi connectivity index (χ2v) is 6.02. The summed E-state index contributed by atoms with van der Waals surface area (Å²) in [5, 5.41) is 6.49. The Balaban J connectivity index is 1.53. The lowest BCUT2D eigenvalue weighted by molar-refractivity contribution is -0.119. The van der Waals surface area contributed by atoms with E-state index in [1.807, 2.05) is 31.2 Å². The van der Waals surface area contributed by atoms with Crippen LogP contribution in [0.2, 0.25) is 0 Å². The number of hydrazine groups is 1. The van der Waals surface area contributed by atoms with E-state index < -0.39 is 0 Å². The minimum absolute atomic E-state index is 0.0416. The van der Waals surface area contributed by atoms with E-state index in [-0.39, 0.29) is 17.9 Å². The highest BCUT2D eigenvalue weighted by atomic mass is 16.5. The Morgan fingerprint density at radius 2 is 1.86 bits per heavy atom. The summed E-state index contributed by atoms with van der Waals surface area (Å²) >= 11 is 0. The van der Waals surface area contributed by atoms with Gasteiger partial charge in [-0.05, 0) is 44.0 Å². The third kappa shape index (κ3) is 3.76. The molecule has 2 heterocycles. The summed E-state index contributed by atoms with van der Waals surface area (Å²) in [6, 6.07) is 8.54. The molecule has 4 N–H and O–H groups in total. The first-order valence-corrected chi connectivity index (χ1v) is 7.96. The number of hydrogen-bond donors (Lipinski definition) is 4. The van der Waals surface area contributed by atoms with Crippen molar-refractivity contribution < 1.29 is 9.53 Å². The number of ether oxygens (including phenoxy) is 1. The molecule has 6 heteroatoms. The number of hydrogen-bond acceptors (Lipinski definition) is 5. The second kappa shape index (κ2) is 7.09. The van der Waals surface area contributed by atoms with Crippen molar-refractivity contribution in [2.24, 2.45) is 5.92 Å². The van der Waals surface area contributed by atoms with Crippen molar-refractivity contribution >= 4 is 17.3 Å². The van der Waals surface area contributed by atoms with Crippen molar-refractivity contribution in [1.82, 2.24) is 10.9 Å². The second-order valence-electron chi connectivity index (χ2n) is 6.02.